The van der Waals surface area contributed by atoms with Crippen LogP contribution < -0.4 is 5.48 Å². The standard InChI is InChI=1S/C21H24N4O4S/c1-16-8-10-19(11-9-16)30(28,29)25(13-17-6-4-3-5-7-17)20(21(26)23-27)12-18-14-24(2)15-22-18/h3-11,14-15,20,27H,12-13H2,1-2H3,(H,23,26). The second kappa shape index (κ2) is 9.21. The highest BCUT2D eigenvalue weighted by Gasteiger charge is 2.36. The van der Waals surface area contributed by atoms with Crippen molar-refractivity contribution in [3.8, 4) is 0 Å². The Bertz CT molecular complexity index is 1100. The number of imidazole rings is 1. The van der Waals surface area contributed by atoms with Crippen molar-refractivity contribution < 1.29 is 18.4 Å². The van der Waals surface area contributed by atoms with Crippen LogP contribution in [0.25, 0.3) is 0 Å². The molecule has 158 valence electrons. The normalized spacial score (nSPS) is 12.7. The summed E-state index contributed by atoms with van der Waals surface area (Å²) in [6.45, 7) is 1.82. The molecule has 30 heavy (non-hydrogen) atoms. The van der Waals surface area contributed by atoms with E-state index >= 15 is 0 Å². The predicted molar refractivity (Wildman–Crippen MR) is 111 cm³/mol. The Morgan fingerprint density at radius 3 is 2.40 bits per heavy atom. The number of nitrogens with zero attached hydrogens (tertiary/aromatic N) is 3. The molecule has 0 spiro atoms. The van der Waals surface area contributed by atoms with Crippen LogP contribution in [0.1, 0.15) is 16.8 Å². The summed E-state index contributed by atoms with van der Waals surface area (Å²) in [7, 11) is -2.28. The fraction of sp³-hybridized carbons (Fsp3) is 0.238. The van der Waals surface area contributed by atoms with Crippen molar-refractivity contribution in [2.45, 2.75) is 30.8 Å². The second-order valence-electron chi connectivity index (χ2n) is 7.08. The van der Waals surface area contributed by atoms with Gasteiger partial charge in [0.2, 0.25) is 10.0 Å². The fourth-order valence-electron chi connectivity index (χ4n) is 3.14. The molecule has 3 aromatic rings. The first kappa shape index (κ1) is 21.7. The minimum absolute atomic E-state index is 0.00512. The topological polar surface area (TPSA) is 105 Å². The van der Waals surface area contributed by atoms with Gasteiger partial charge in [-0.2, -0.15) is 4.31 Å². The summed E-state index contributed by atoms with van der Waals surface area (Å²) in [5, 5.41) is 9.33. The molecule has 1 unspecified atom stereocenters. The van der Waals surface area contributed by atoms with E-state index in [1.165, 1.54) is 12.1 Å². The van der Waals surface area contributed by atoms with E-state index in [4.69, 9.17) is 0 Å². The average molecular weight is 429 g/mol. The SMILES string of the molecule is Cc1ccc(S(=O)(=O)N(Cc2ccccc2)C(Cc2cn(C)cn2)C(=O)NO)cc1. The number of hydrogen-bond donors (Lipinski definition) is 2. The van der Waals surface area contributed by atoms with Crippen molar-refractivity contribution >= 4 is 15.9 Å². The lowest BCUT2D eigenvalue weighted by Gasteiger charge is -2.29. The lowest BCUT2D eigenvalue weighted by Crippen LogP contribution is -2.49. The maximum absolute atomic E-state index is 13.5. The van der Waals surface area contributed by atoms with E-state index in [1.807, 2.05) is 13.0 Å². The largest absolute Gasteiger partial charge is 0.340 e. The first-order chi connectivity index (χ1) is 14.3. The van der Waals surface area contributed by atoms with E-state index < -0.39 is 22.0 Å². The molecule has 2 N–H and O–H groups in total. The molecule has 0 aliphatic carbocycles. The molecule has 1 atom stereocenters. The number of aryl methyl sites for hydroxylation is 2. The maximum Gasteiger partial charge on any atom is 0.262 e. The number of carbonyl (C=O) groups is 1. The van der Waals surface area contributed by atoms with E-state index in [1.54, 1.807) is 66.0 Å². The van der Waals surface area contributed by atoms with Gasteiger partial charge in [-0.25, -0.2) is 18.9 Å². The van der Waals surface area contributed by atoms with Gasteiger partial charge in [-0.05, 0) is 24.6 Å². The predicted octanol–water partition coefficient (Wildman–Crippen LogP) is 2.04. The Morgan fingerprint density at radius 2 is 1.83 bits per heavy atom. The molecule has 1 aromatic heterocycles. The Balaban J connectivity index is 2.07. The van der Waals surface area contributed by atoms with Gasteiger partial charge in [0, 0.05) is 26.2 Å². The van der Waals surface area contributed by atoms with Gasteiger partial charge in [0.1, 0.15) is 6.04 Å². The summed E-state index contributed by atoms with van der Waals surface area (Å²) in [4.78, 5) is 16.9. The highest BCUT2D eigenvalue weighted by Crippen LogP contribution is 2.23. The van der Waals surface area contributed by atoms with Crippen molar-refractivity contribution in [2.75, 3.05) is 0 Å². The number of hydrogen-bond acceptors (Lipinski definition) is 5. The number of amides is 1. The number of aromatic nitrogens is 2. The van der Waals surface area contributed by atoms with Crippen LogP contribution in [0.5, 0.6) is 0 Å². The van der Waals surface area contributed by atoms with Crippen LogP contribution >= 0.6 is 0 Å². The third-order valence-electron chi connectivity index (χ3n) is 4.73. The molecule has 0 radical (unpaired) electrons. The minimum Gasteiger partial charge on any atom is -0.340 e. The van der Waals surface area contributed by atoms with Gasteiger partial charge in [-0.1, -0.05) is 48.0 Å². The number of rotatable bonds is 8. The molecule has 9 heteroatoms. The van der Waals surface area contributed by atoms with Gasteiger partial charge in [0.05, 0.1) is 16.9 Å². The highest BCUT2D eigenvalue weighted by molar-refractivity contribution is 7.89. The van der Waals surface area contributed by atoms with Gasteiger partial charge in [-0.3, -0.25) is 10.0 Å². The number of hydroxylamine groups is 1. The lowest BCUT2D eigenvalue weighted by molar-refractivity contribution is -0.133. The summed E-state index contributed by atoms with van der Waals surface area (Å²) in [5.74, 6) is -0.827. The van der Waals surface area contributed by atoms with E-state index in [9.17, 15) is 18.4 Å². The fourth-order valence-corrected chi connectivity index (χ4v) is 4.72. The summed E-state index contributed by atoms with van der Waals surface area (Å²) in [5.41, 5.74) is 3.77. The molecular formula is C21H24N4O4S. The third-order valence-corrected chi connectivity index (χ3v) is 6.60. The summed E-state index contributed by atoms with van der Waals surface area (Å²) < 4.78 is 29.9. The van der Waals surface area contributed by atoms with Crippen molar-refractivity contribution in [2.24, 2.45) is 7.05 Å². The quantitative estimate of drug-likeness (QED) is 0.422. The molecule has 0 saturated heterocycles. The highest BCUT2D eigenvalue weighted by atomic mass is 32.2. The summed E-state index contributed by atoms with van der Waals surface area (Å²) >= 11 is 0. The molecule has 0 aliphatic heterocycles. The van der Waals surface area contributed by atoms with Gasteiger partial charge in [0.15, 0.2) is 0 Å². The lowest BCUT2D eigenvalue weighted by atomic mass is 10.1. The molecule has 2 aromatic carbocycles. The van der Waals surface area contributed by atoms with Gasteiger partial charge < -0.3 is 4.57 Å². The molecular weight excluding hydrogens is 404 g/mol. The van der Waals surface area contributed by atoms with E-state index in [0.29, 0.717) is 11.3 Å². The molecule has 8 nitrogen and oxygen atoms in total. The Kier molecular flexibility index (Phi) is 6.66. The number of benzene rings is 2. The van der Waals surface area contributed by atoms with Crippen molar-refractivity contribution in [3.05, 3.63) is 83.9 Å². The Hall–Kier alpha value is -3.01. The van der Waals surface area contributed by atoms with Gasteiger partial charge in [-0.15, -0.1) is 0 Å². The molecule has 0 fully saturated rings. The number of carbonyl (C=O) groups excluding carboxylic acids is 1. The van der Waals surface area contributed by atoms with E-state index in [2.05, 4.69) is 4.98 Å². The number of sulfonamides is 1. The maximum atomic E-state index is 13.5. The monoisotopic (exact) mass is 428 g/mol. The molecule has 0 saturated carbocycles. The van der Waals surface area contributed by atoms with Crippen LogP contribution in [0, 0.1) is 6.92 Å². The first-order valence-electron chi connectivity index (χ1n) is 9.34. The average Bonchev–Trinajstić information content (AvgIpc) is 3.15. The third kappa shape index (κ3) is 4.93. The molecule has 0 bridgehead atoms. The van der Waals surface area contributed by atoms with Crippen LogP contribution in [0.3, 0.4) is 0 Å². The van der Waals surface area contributed by atoms with Gasteiger partial charge in [0.25, 0.3) is 5.91 Å². The van der Waals surface area contributed by atoms with Crippen molar-refractivity contribution in [3.63, 3.8) is 0 Å². The van der Waals surface area contributed by atoms with Crippen LogP contribution in [-0.2, 0) is 34.8 Å². The Labute approximate surface area is 175 Å². The zero-order chi connectivity index (χ0) is 21.7. The van der Waals surface area contributed by atoms with Crippen LogP contribution in [0.15, 0.2) is 72.0 Å². The Morgan fingerprint density at radius 1 is 1.17 bits per heavy atom. The van der Waals surface area contributed by atoms with Crippen LogP contribution in [-0.4, -0.2) is 39.4 Å². The summed E-state index contributed by atoms with van der Waals surface area (Å²) in [6.07, 6.45) is 3.28. The zero-order valence-corrected chi connectivity index (χ0v) is 17.6. The summed E-state index contributed by atoms with van der Waals surface area (Å²) in [6, 6.07) is 14.2. The zero-order valence-electron chi connectivity index (χ0n) is 16.8. The smallest absolute Gasteiger partial charge is 0.262 e. The molecule has 3 rings (SSSR count). The molecule has 1 heterocycles. The second-order valence-corrected chi connectivity index (χ2v) is 8.97. The van der Waals surface area contributed by atoms with E-state index in [-0.39, 0.29) is 17.9 Å². The van der Waals surface area contributed by atoms with Crippen LogP contribution in [0.2, 0.25) is 0 Å². The number of nitrogens with one attached hydrogen (secondary N) is 1. The molecule has 0 aliphatic rings. The van der Waals surface area contributed by atoms with E-state index in [0.717, 1.165) is 9.87 Å². The minimum atomic E-state index is -4.06. The molecule has 1 amide bonds. The first-order valence-corrected chi connectivity index (χ1v) is 10.8. The van der Waals surface area contributed by atoms with Gasteiger partial charge >= 0.3 is 0 Å². The van der Waals surface area contributed by atoms with Crippen molar-refractivity contribution in [1.29, 1.82) is 0 Å². The van der Waals surface area contributed by atoms with Crippen LogP contribution in [0.4, 0.5) is 0 Å². The van der Waals surface area contributed by atoms with Crippen molar-refractivity contribution in [1.82, 2.24) is 19.3 Å².